The number of aryl methyl sites for hydroxylation is 1. The smallest absolute Gasteiger partial charge is 0.258 e. The van der Waals surface area contributed by atoms with Crippen LogP contribution in [0.5, 0.6) is 5.75 Å². The maximum absolute atomic E-state index is 12.6. The van der Waals surface area contributed by atoms with Gasteiger partial charge in [-0.15, -0.1) is 11.8 Å². The van der Waals surface area contributed by atoms with Crippen molar-refractivity contribution in [3.05, 3.63) is 52.8 Å². The number of thiazole rings is 1. The van der Waals surface area contributed by atoms with Crippen LogP contribution in [0.3, 0.4) is 0 Å². The molecule has 0 fully saturated rings. The number of fused-ring (bicyclic) bond motifs is 2. The van der Waals surface area contributed by atoms with Gasteiger partial charge in [0.25, 0.3) is 5.91 Å². The van der Waals surface area contributed by atoms with Gasteiger partial charge in [0, 0.05) is 18.8 Å². The van der Waals surface area contributed by atoms with E-state index < -0.39 is 0 Å². The van der Waals surface area contributed by atoms with E-state index in [0.29, 0.717) is 18.0 Å². The first-order chi connectivity index (χ1) is 15.1. The highest BCUT2D eigenvalue weighted by Crippen LogP contribution is 2.28. The molecule has 0 atom stereocenters. The van der Waals surface area contributed by atoms with Crippen molar-refractivity contribution in [2.24, 2.45) is 4.99 Å². The summed E-state index contributed by atoms with van der Waals surface area (Å²) in [5.74, 6) is 1.08. The maximum Gasteiger partial charge on any atom is 0.258 e. The molecule has 2 amide bonds. The zero-order valence-corrected chi connectivity index (χ0v) is 19.3. The Balaban J connectivity index is 1.41. The topological polar surface area (TPSA) is 63.9 Å². The lowest BCUT2D eigenvalue weighted by molar-refractivity contribution is -0.116. The van der Waals surface area contributed by atoms with Gasteiger partial charge in [-0.05, 0) is 50.1 Å². The Kier molecular flexibility index (Phi) is 6.77. The van der Waals surface area contributed by atoms with Gasteiger partial charge in [0.2, 0.25) is 5.91 Å². The molecule has 31 heavy (non-hydrogen) atoms. The number of amides is 2. The third-order valence-electron chi connectivity index (χ3n) is 5.14. The van der Waals surface area contributed by atoms with Crippen molar-refractivity contribution in [3.8, 4) is 5.75 Å². The van der Waals surface area contributed by atoms with E-state index in [0.717, 1.165) is 34.6 Å². The molecule has 1 aliphatic rings. The van der Waals surface area contributed by atoms with Crippen molar-refractivity contribution in [3.63, 3.8) is 0 Å². The third kappa shape index (κ3) is 4.70. The summed E-state index contributed by atoms with van der Waals surface area (Å²) in [6.45, 7) is 6.03. The molecular weight excluding hydrogens is 430 g/mol. The first-order valence-corrected chi connectivity index (χ1v) is 12.4. The number of nitrogens with zero attached hydrogens (tertiary/aromatic N) is 3. The van der Waals surface area contributed by atoms with Crippen LogP contribution in [0.25, 0.3) is 10.2 Å². The second-order valence-corrected chi connectivity index (χ2v) is 9.11. The van der Waals surface area contributed by atoms with E-state index >= 15 is 0 Å². The fraction of sp³-hybridized carbons (Fsp3) is 0.348. The Labute approximate surface area is 189 Å². The van der Waals surface area contributed by atoms with Crippen molar-refractivity contribution in [1.82, 2.24) is 4.57 Å². The number of hydrogen-bond acceptors (Lipinski definition) is 5. The van der Waals surface area contributed by atoms with E-state index in [-0.39, 0.29) is 23.3 Å². The first kappa shape index (κ1) is 21.6. The highest BCUT2D eigenvalue weighted by Gasteiger charge is 2.23. The molecule has 6 nitrogen and oxygen atoms in total. The molecule has 0 spiro atoms. The summed E-state index contributed by atoms with van der Waals surface area (Å²) in [6.07, 6.45) is 0.884. The fourth-order valence-electron chi connectivity index (χ4n) is 3.74. The number of rotatable bonds is 7. The lowest BCUT2D eigenvalue weighted by Gasteiger charge is -2.16. The molecule has 0 radical (unpaired) electrons. The van der Waals surface area contributed by atoms with Gasteiger partial charge in [-0.2, -0.15) is 4.99 Å². The largest absolute Gasteiger partial charge is 0.494 e. The zero-order valence-electron chi connectivity index (χ0n) is 17.7. The average Bonchev–Trinajstić information content (AvgIpc) is 3.34. The number of ether oxygens (including phenoxy) is 1. The number of thioether (sulfide) groups is 1. The van der Waals surface area contributed by atoms with E-state index in [2.05, 4.69) is 11.1 Å². The van der Waals surface area contributed by atoms with Gasteiger partial charge in [0.15, 0.2) is 4.80 Å². The Hall–Kier alpha value is -2.58. The highest BCUT2D eigenvalue weighted by molar-refractivity contribution is 8.00. The predicted molar refractivity (Wildman–Crippen MR) is 127 cm³/mol. The molecule has 0 bridgehead atoms. The summed E-state index contributed by atoms with van der Waals surface area (Å²) in [7, 11) is 0. The molecular formula is C23H25N3O3S2. The zero-order chi connectivity index (χ0) is 21.8. The lowest BCUT2D eigenvalue weighted by atomic mass is 10.2. The normalized spacial score (nSPS) is 13.6. The number of anilines is 1. The van der Waals surface area contributed by atoms with E-state index in [1.807, 2.05) is 59.7 Å². The quantitative estimate of drug-likeness (QED) is 0.543. The van der Waals surface area contributed by atoms with Crippen molar-refractivity contribution in [2.75, 3.05) is 29.6 Å². The van der Waals surface area contributed by atoms with Crippen LogP contribution in [0, 0.1) is 0 Å². The second kappa shape index (κ2) is 9.70. The Bertz CT molecular complexity index is 1180. The van der Waals surface area contributed by atoms with Gasteiger partial charge >= 0.3 is 0 Å². The summed E-state index contributed by atoms with van der Waals surface area (Å²) in [6, 6.07) is 13.9. The van der Waals surface area contributed by atoms with Crippen LogP contribution >= 0.6 is 23.1 Å². The highest BCUT2D eigenvalue weighted by atomic mass is 32.2. The van der Waals surface area contributed by atoms with Crippen LogP contribution in [-0.4, -0.2) is 41.0 Å². The van der Waals surface area contributed by atoms with Crippen molar-refractivity contribution in [1.29, 1.82) is 0 Å². The molecule has 0 saturated heterocycles. The van der Waals surface area contributed by atoms with E-state index in [9.17, 15) is 9.59 Å². The minimum Gasteiger partial charge on any atom is -0.494 e. The maximum atomic E-state index is 12.6. The monoisotopic (exact) mass is 455 g/mol. The number of aromatic nitrogens is 1. The molecule has 3 aromatic rings. The molecule has 8 heteroatoms. The Morgan fingerprint density at radius 1 is 1.16 bits per heavy atom. The molecule has 0 unspecified atom stereocenters. The summed E-state index contributed by atoms with van der Waals surface area (Å²) in [4.78, 5) is 31.9. The van der Waals surface area contributed by atoms with Gasteiger partial charge in [-0.25, -0.2) is 0 Å². The van der Waals surface area contributed by atoms with Crippen LogP contribution in [0.1, 0.15) is 19.4 Å². The fourth-order valence-corrected chi connectivity index (χ4v) is 5.55. The van der Waals surface area contributed by atoms with E-state index in [1.54, 1.807) is 0 Å². The minimum absolute atomic E-state index is 0.0386. The number of para-hydroxylation sites is 1. The van der Waals surface area contributed by atoms with E-state index in [1.165, 1.54) is 28.7 Å². The Morgan fingerprint density at radius 2 is 2.00 bits per heavy atom. The third-order valence-corrected chi connectivity index (χ3v) is 7.08. The standard InChI is InChI=1S/C23H25N3O3S2/c1-3-25-19-10-9-17(29-4-2)13-20(19)31-23(25)24-21(27)14-30-15-22(28)26-12-11-16-7-5-6-8-18(16)26/h5-10,13H,3-4,11-12,14-15H2,1-2H3. The summed E-state index contributed by atoms with van der Waals surface area (Å²) < 4.78 is 8.65. The number of carbonyl (C=O) groups is 2. The summed E-state index contributed by atoms with van der Waals surface area (Å²) in [5.41, 5.74) is 3.23. The molecule has 162 valence electrons. The van der Waals surface area contributed by atoms with Gasteiger partial charge in [0.05, 0.1) is 28.3 Å². The van der Waals surface area contributed by atoms with Gasteiger partial charge in [0.1, 0.15) is 5.75 Å². The lowest BCUT2D eigenvalue weighted by Crippen LogP contribution is -2.30. The van der Waals surface area contributed by atoms with Gasteiger partial charge in [-0.3, -0.25) is 9.59 Å². The molecule has 1 aliphatic heterocycles. The van der Waals surface area contributed by atoms with Crippen molar-refractivity contribution < 1.29 is 14.3 Å². The molecule has 0 saturated carbocycles. The molecule has 2 heterocycles. The molecule has 4 rings (SSSR count). The summed E-state index contributed by atoms with van der Waals surface area (Å²) >= 11 is 2.80. The molecule has 0 aliphatic carbocycles. The Morgan fingerprint density at radius 3 is 2.81 bits per heavy atom. The number of hydrogen-bond donors (Lipinski definition) is 0. The van der Waals surface area contributed by atoms with Gasteiger partial charge in [-0.1, -0.05) is 29.5 Å². The van der Waals surface area contributed by atoms with Crippen molar-refractivity contribution >= 4 is 50.8 Å². The van der Waals surface area contributed by atoms with E-state index in [4.69, 9.17) is 4.74 Å². The second-order valence-electron chi connectivity index (χ2n) is 7.11. The first-order valence-electron chi connectivity index (χ1n) is 10.4. The van der Waals surface area contributed by atoms with Crippen LogP contribution in [0.2, 0.25) is 0 Å². The van der Waals surface area contributed by atoms with Crippen LogP contribution in [0.15, 0.2) is 47.5 Å². The molecule has 2 aromatic carbocycles. The number of carbonyl (C=O) groups excluding carboxylic acids is 2. The number of benzene rings is 2. The molecule has 0 N–H and O–H groups in total. The summed E-state index contributed by atoms with van der Waals surface area (Å²) in [5, 5.41) is 0. The van der Waals surface area contributed by atoms with Gasteiger partial charge < -0.3 is 14.2 Å². The van der Waals surface area contributed by atoms with Crippen LogP contribution in [-0.2, 0) is 22.6 Å². The minimum atomic E-state index is -0.224. The predicted octanol–water partition coefficient (Wildman–Crippen LogP) is 3.87. The SMILES string of the molecule is CCOc1ccc2c(c1)sc(=NC(=O)CSCC(=O)N1CCc3ccccc31)n2CC. The molecule has 1 aromatic heterocycles. The van der Waals surface area contributed by atoms with Crippen LogP contribution < -0.4 is 14.4 Å². The van der Waals surface area contributed by atoms with Crippen molar-refractivity contribution in [2.45, 2.75) is 26.8 Å². The average molecular weight is 456 g/mol. The van der Waals surface area contributed by atoms with Crippen LogP contribution in [0.4, 0.5) is 5.69 Å².